The second-order valence-corrected chi connectivity index (χ2v) is 10.1. The fourth-order valence-electron chi connectivity index (χ4n) is 4.04. The molecule has 0 aliphatic carbocycles. The van der Waals surface area contributed by atoms with Gasteiger partial charge in [-0.05, 0) is 48.5 Å². The number of hydrogen-bond donors (Lipinski definition) is 0. The largest absolute Gasteiger partial charge is 0.497 e. The van der Waals surface area contributed by atoms with E-state index in [0.717, 1.165) is 4.47 Å². The number of rotatable bonds is 4. The Morgan fingerprint density at radius 3 is 2.27 bits per heavy atom. The summed E-state index contributed by atoms with van der Waals surface area (Å²) < 4.78 is 40.1. The first kappa shape index (κ1) is 21.3. The fraction of sp³-hybridized carbons (Fsp3) is 0.381. The fourth-order valence-corrected chi connectivity index (χ4v) is 6.02. The standard InChI is InChI=1S/C21H23BrN2O5S/c1-28-18-6-8-19(9-7-18)30(26,27)24-14-15-29-21(24)10-12-23(13-11-21)20(25)16-2-4-17(22)5-3-16/h2-9H,10-15H2,1H3. The number of nitrogens with zero attached hydrogens (tertiary/aromatic N) is 2. The summed E-state index contributed by atoms with van der Waals surface area (Å²) in [5.74, 6) is 0.543. The van der Waals surface area contributed by atoms with E-state index in [2.05, 4.69) is 15.9 Å². The number of hydrogen-bond acceptors (Lipinski definition) is 5. The molecule has 160 valence electrons. The van der Waals surface area contributed by atoms with E-state index in [0.29, 0.717) is 50.4 Å². The third kappa shape index (κ3) is 3.87. The average Bonchev–Trinajstić information content (AvgIpc) is 3.18. The van der Waals surface area contributed by atoms with Crippen LogP contribution in [0.3, 0.4) is 0 Å². The molecule has 9 heteroatoms. The highest BCUT2D eigenvalue weighted by Crippen LogP contribution is 2.38. The quantitative estimate of drug-likeness (QED) is 0.652. The van der Waals surface area contributed by atoms with Crippen LogP contribution in [0.15, 0.2) is 57.9 Å². The van der Waals surface area contributed by atoms with Gasteiger partial charge in [-0.1, -0.05) is 15.9 Å². The summed E-state index contributed by atoms with van der Waals surface area (Å²) in [6.45, 7) is 1.51. The van der Waals surface area contributed by atoms with E-state index >= 15 is 0 Å². The van der Waals surface area contributed by atoms with Gasteiger partial charge in [0.2, 0.25) is 10.0 Å². The van der Waals surface area contributed by atoms with Crippen LogP contribution in [-0.4, -0.2) is 62.6 Å². The van der Waals surface area contributed by atoms with Crippen LogP contribution in [0.2, 0.25) is 0 Å². The molecule has 2 saturated heterocycles. The van der Waals surface area contributed by atoms with Gasteiger partial charge in [0, 0.05) is 42.5 Å². The zero-order chi connectivity index (χ0) is 21.4. The Morgan fingerprint density at radius 2 is 1.67 bits per heavy atom. The van der Waals surface area contributed by atoms with Crippen LogP contribution >= 0.6 is 15.9 Å². The number of likely N-dealkylation sites (tertiary alicyclic amines) is 1. The summed E-state index contributed by atoms with van der Waals surface area (Å²) >= 11 is 3.37. The van der Waals surface area contributed by atoms with Crippen LogP contribution < -0.4 is 4.74 Å². The van der Waals surface area contributed by atoms with Crippen molar-refractivity contribution >= 4 is 31.9 Å². The molecule has 1 amide bonds. The van der Waals surface area contributed by atoms with Crippen molar-refractivity contribution in [1.82, 2.24) is 9.21 Å². The Kier molecular flexibility index (Phi) is 5.89. The summed E-state index contributed by atoms with van der Waals surface area (Å²) in [6.07, 6.45) is 0.870. The molecule has 0 unspecified atom stereocenters. The Balaban J connectivity index is 1.50. The minimum Gasteiger partial charge on any atom is -0.497 e. The lowest BCUT2D eigenvalue weighted by atomic mass is 10.00. The Labute approximate surface area is 184 Å². The maximum Gasteiger partial charge on any atom is 0.253 e. The number of carbonyl (C=O) groups is 1. The van der Waals surface area contributed by atoms with Crippen LogP contribution in [0.5, 0.6) is 5.75 Å². The van der Waals surface area contributed by atoms with E-state index in [4.69, 9.17) is 9.47 Å². The van der Waals surface area contributed by atoms with Gasteiger partial charge in [-0.2, -0.15) is 4.31 Å². The molecule has 2 heterocycles. The minimum absolute atomic E-state index is 0.0556. The van der Waals surface area contributed by atoms with E-state index in [1.54, 1.807) is 41.3 Å². The molecule has 1 spiro atoms. The summed E-state index contributed by atoms with van der Waals surface area (Å²) in [5.41, 5.74) is -0.292. The molecular weight excluding hydrogens is 472 g/mol. The second-order valence-electron chi connectivity index (χ2n) is 7.35. The first-order valence-corrected chi connectivity index (χ1v) is 11.9. The molecule has 30 heavy (non-hydrogen) atoms. The topological polar surface area (TPSA) is 76.2 Å². The van der Waals surface area contributed by atoms with Gasteiger partial charge < -0.3 is 14.4 Å². The molecule has 7 nitrogen and oxygen atoms in total. The van der Waals surface area contributed by atoms with Crippen LogP contribution in [-0.2, 0) is 14.8 Å². The molecule has 0 aromatic heterocycles. The predicted molar refractivity (Wildman–Crippen MR) is 115 cm³/mol. The summed E-state index contributed by atoms with van der Waals surface area (Å²) in [7, 11) is -2.18. The maximum atomic E-state index is 13.3. The number of carbonyl (C=O) groups excluding carboxylic acids is 1. The molecule has 2 aliphatic heterocycles. The summed E-state index contributed by atoms with van der Waals surface area (Å²) in [4.78, 5) is 14.8. The normalized spacial score (nSPS) is 19.2. The van der Waals surface area contributed by atoms with Crippen LogP contribution in [0, 0.1) is 0 Å². The Hall–Kier alpha value is -1.94. The monoisotopic (exact) mass is 494 g/mol. The van der Waals surface area contributed by atoms with Crippen molar-refractivity contribution in [3.8, 4) is 5.75 Å². The molecule has 0 N–H and O–H groups in total. The number of methoxy groups -OCH3 is 1. The van der Waals surface area contributed by atoms with Gasteiger partial charge in [-0.15, -0.1) is 0 Å². The lowest BCUT2D eigenvalue weighted by molar-refractivity contribution is -0.0857. The zero-order valence-corrected chi connectivity index (χ0v) is 19.0. The van der Waals surface area contributed by atoms with Gasteiger partial charge in [0.25, 0.3) is 5.91 Å². The number of sulfonamides is 1. The maximum absolute atomic E-state index is 13.3. The van der Waals surface area contributed by atoms with Crippen LogP contribution in [0.4, 0.5) is 0 Å². The number of halogens is 1. The van der Waals surface area contributed by atoms with Crippen LogP contribution in [0.25, 0.3) is 0 Å². The molecule has 0 bridgehead atoms. The average molecular weight is 495 g/mol. The van der Waals surface area contributed by atoms with Crippen molar-refractivity contribution in [3.05, 3.63) is 58.6 Å². The van der Waals surface area contributed by atoms with Crippen molar-refractivity contribution in [2.45, 2.75) is 23.5 Å². The number of benzene rings is 2. The van der Waals surface area contributed by atoms with Crippen molar-refractivity contribution in [2.75, 3.05) is 33.4 Å². The molecule has 2 aromatic rings. The smallest absolute Gasteiger partial charge is 0.253 e. The van der Waals surface area contributed by atoms with E-state index < -0.39 is 15.7 Å². The number of amides is 1. The van der Waals surface area contributed by atoms with Gasteiger partial charge in [0.05, 0.1) is 18.6 Å². The van der Waals surface area contributed by atoms with Gasteiger partial charge in [0.15, 0.2) is 0 Å². The number of piperidine rings is 1. The lowest BCUT2D eigenvalue weighted by Crippen LogP contribution is -2.55. The minimum atomic E-state index is -3.72. The highest BCUT2D eigenvalue weighted by Gasteiger charge is 2.51. The highest BCUT2D eigenvalue weighted by molar-refractivity contribution is 9.10. The number of ether oxygens (including phenoxy) is 2. The van der Waals surface area contributed by atoms with Gasteiger partial charge in [-0.25, -0.2) is 8.42 Å². The first-order valence-electron chi connectivity index (χ1n) is 9.71. The van der Waals surface area contributed by atoms with Crippen molar-refractivity contribution < 1.29 is 22.7 Å². The summed E-state index contributed by atoms with van der Waals surface area (Å²) in [5, 5.41) is 0. The van der Waals surface area contributed by atoms with Crippen molar-refractivity contribution in [2.24, 2.45) is 0 Å². The third-order valence-electron chi connectivity index (χ3n) is 5.69. The molecule has 2 aromatic carbocycles. The molecule has 0 radical (unpaired) electrons. The molecule has 2 aliphatic rings. The molecule has 0 saturated carbocycles. The van der Waals surface area contributed by atoms with Crippen molar-refractivity contribution in [1.29, 1.82) is 0 Å². The van der Waals surface area contributed by atoms with E-state index in [1.807, 2.05) is 12.1 Å². The van der Waals surface area contributed by atoms with Crippen molar-refractivity contribution in [3.63, 3.8) is 0 Å². The molecule has 2 fully saturated rings. The van der Waals surface area contributed by atoms with E-state index in [1.165, 1.54) is 11.4 Å². The third-order valence-corrected chi connectivity index (χ3v) is 8.18. The van der Waals surface area contributed by atoms with E-state index in [-0.39, 0.29) is 10.8 Å². The molecule has 0 atom stereocenters. The van der Waals surface area contributed by atoms with E-state index in [9.17, 15) is 13.2 Å². The van der Waals surface area contributed by atoms with Gasteiger partial charge in [-0.3, -0.25) is 4.79 Å². The van der Waals surface area contributed by atoms with Crippen LogP contribution in [0.1, 0.15) is 23.2 Å². The Morgan fingerprint density at radius 1 is 1.03 bits per heavy atom. The first-order chi connectivity index (χ1) is 14.4. The Bertz CT molecular complexity index is 1020. The zero-order valence-electron chi connectivity index (χ0n) is 16.6. The lowest BCUT2D eigenvalue weighted by Gasteiger charge is -2.42. The molecular formula is C21H23BrN2O5S. The predicted octanol–water partition coefficient (Wildman–Crippen LogP) is 3.11. The van der Waals surface area contributed by atoms with Gasteiger partial charge >= 0.3 is 0 Å². The SMILES string of the molecule is COc1ccc(S(=O)(=O)N2CCOC23CCN(C(=O)c2ccc(Br)cc2)CC3)cc1. The second kappa shape index (κ2) is 8.30. The summed E-state index contributed by atoms with van der Waals surface area (Å²) in [6, 6.07) is 13.6. The van der Waals surface area contributed by atoms with Gasteiger partial charge in [0.1, 0.15) is 11.5 Å². The molecule has 4 rings (SSSR count). The highest BCUT2D eigenvalue weighted by atomic mass is 79.9.